The third-order valence-corrected chi connectivity index (χ3v) is 7.47. The molecule has 1 aromatic carbocycles. The molecule has 0 amide bonds. The summed E-state index contributed by atoms with van der Waals surface area (Å²) in [7, 11) is -7.10. The van der Waals surface area contributed by atoms with Crippen molar-refractivity contribution in [2.45, 2.75) is 30.7 Å². The van der Waals surface area contributed by atoms with Gasteiger partial charge >= 0.3 is 0 Å². The fourth-order valence-electron chi connectivity index (χ4n) is 2.30. The third kappa shape index (κ3) is 3.50. The van der Waals surface area contributed by atoms with Crippen molar-refractivity contribution in [3.05, 3.63) is 22.7 Å². The first-order valence-corrected chi connectivity index (χ1v) is 9.92. The number of benzene rings is 1. The molecule has 0 bridgehead atoms. The van der Waals surface area contributed by atoms with Crippen molar-refractivity contribution in [1.82, 2.24) is 4.72 Å². The maximum Gasteiger partial charge on any atom is 0.241 e. The van der Waals surface area contributed by atoms with Gasteiger partial charge in [-0.15, -0.1) is 0 Å². The minimum Gasteiger partial charge on any atom is -0.398 e. The van der Waals surface area contributed by atoms with Gasteiger partial charge in [0.2, 0.25) is 10.0 Å². The molecule has 1 aliphatic rings. The van der Waals surface area contributed by atoms with Crippen LogP contribution in [0, 0.1) is 6.92 Å². The SMILES string of the molecule is Cc1c(N)cc(S(=O)(=O)NC2(C)CCS(=O)(=O)C2)cc1Cl. The average molecular weight is 353 g/mol. The van der Waals surface area contributed by atoms with E-state index < -0.39 is 25.4 Å². The van der Waals surface area contributed by atoms with Crippen molar-refractivity contribution >= 4 is 37.1 Å². The number of rotatable bonds is 3. The van der Waals surface area contributed by atoms with Crippen LogP contribution in [0.5, 0.6) is 0 Å². The molecule has 0 aromatic heterocycles. The van der Waals surface area contributed by atoms with Crippen LogP contribution in [0.1, 0.15) is 18.9 Å². The Morgan fingerprint density at radius 3 is 2.48 bits per heavy atom. The second-order valence-electron chi connectivity index (χ2n) is 5.63. The highest BCUT2D eigenvalue weighted by atomic mass is 35.5. The highest BCUT2D eigenvalue weighted by Gasteiger charge is 2.41. The second kappa shape index (κ2) is 5.12. The van der Waals surface area contributed by atoms with Crippen molar-refractivity contribution in [3.8, 4) is 0 Å². The number of anilines is 1. The molecule has 1 unspecified atom stereocenters. The maximum absolute atomic E-state index is 12.4. The molecular formula is C12H17ClN2O4S2. The van der Waals surface area contributed by atoms with Crippen molar-refractivity contribution < 1.29 is 16.8 Å². The van der Waals surface area contributed by atoms with Crippen molar-refractivity contribution in [3.63, 3.8) is 0 Å². The second-order valence-corrected chi connectivity index (χ2v) is 9.90. The molecule has 1 aliphatic heterocycles. The molecule has 0 radical (unpaired) electrons. The van der Waals surface area contributed by atoms with E-state index in [1.807, 2.05) is 0 Å². The summed E-state index contributed by atoms with van der Waals surface area (Å²) in [5, 5.41) is 0.250. The highest BCUT2D eigenvalue weighted by molar-refractivity contribution is 7.92. The topological polar surface area (TPSA) is 106 Å². The predicted molar refractivity (Wildman–Crippen MR) is 82.6 cm³/mol. The summed E-state index contributed by atoms with van der Waals surface area (Å²) in [6.45, 7) is 3.26. The van der Waals surface area contributed by atoms with Gasteiger partial charge < -0.3 is 5.73 Å². The summed E-state index contributed by atoms with van der Waals surface area (Å²) in [5.74, 6) is -0.239. The Labute approximate surface area is 129 Å². The molecule has 0 aliphatic carbocycles. The van der Waals surface area contributed by atoms with Crippen molar-refractivity contribution in [2.75, 3.05) is 17.2 Å². The van der Waals surface area contributed by atoms with E-state index in [1.54, 1.807) is 13.8 Å². The number of sulfone groups is 1. The quantitative estimate of drug-likeness (QED) is 0.792. The Morgan fingerprint density at radius 1 is 1.38 bits per heavy atom. The standard InChI is InChI=1S/C12H17ClN2O4S2/c1-8-10(13)5-9(6-11(8)14)21(18,19)15-12(2)3-4-20(16,17)7-12/h5-6,15H,3-4,7,14H2,1-2H3. The summed E-state index contributed by atoms with van der Waals surface area (Å²) in [6.07, 6.45) is 0.240. The highest BCUT2D eigenvalue weighted by Crippen LogP contribution is 2.29. The lowest BCUT2D eigenvalue weighted by Gasteiger charge is -2.23. The van der Waals surface area contributed by atoms with Crippen LogP contribution in [0.2, 0.25) is 5.02 Å². The molecule has 1 saturated heterocycles. The van der Waals surface area contributed by atoms with E-state index in [2.05, 4.69) is 4.72 Å². The summed E-state index contributed by atoms with van der Waals surface area (Å²) in [6, 6.07) is 2.62. The first kappa shape index (κ1) is 16.5. The number of sulfonamides is 1. The molecule has 6 nitrogen and oxygen atoms in total. The van der Waals surface area contributed by atoms with E-state index in [1.165, 1.54) is 12.1 Å². The smallest absolute Gasteiger partial charge is 0.241 e. The van der Waals surface area contributed by atoms with Crippen LogP contribution in [-0.2, 0) is 19.9 Å². The Balaban J connectivity index is 2.36. The van der Waals surface area contributed by atoms with Gasteiger partial charge in [0, 0.05) is 16.2 Å². The molecule has 1 atom stereocenters. The van der Waals surface area contributed by atoms with Gasteiger partial charge in [0.05, 0.1) is 16.4 Å². The van der Waals surface area contributed by atoms with Crippen molar-refractivity contribution in [1.29, 1.82) is 0 Å². The average Bonchev–Trinajstić information content (AvgIpc) is 2.58. The molecule has 2 rings (SSSR count). The van der Waals surface area contributed by atoms with E-state index in [-0.39, 0.29) is 33.5 Å². The van der Waals surface area contributed by atoms with Gasteiger partial charge in [-0.1, -0.05) is 11.6 Å². The van der Waals surface area contributed by atoms with Gasteiger partial charge in [-0.3, -0.25) is 0 Å². The molecule has 1 aromatic rings. The zero-order chi connectivity index (χ0) is 16.1. The monoisotopic (exact) mass is 352 g/mol. The van der Waals surface area contributed by atoms with Crippen LogP contribution in [-0.4, -0.2) is 33.9 Å². The largest absolute Gasteiger partial charge is 0.398 e. The molecule has 21 heavy (non-hydrogen) atoms. The van der Waals surface area contributed by atoms with Crippen molar-refractivity contribution in [2.24, 2.45) is 0 Å². The minimum absolute atomic E-state index is 0.0250. The van der Waals surface area contributed by atoms with E-state index >= 15 is 0 Å². The first-order chi connectivity index (χ1) is 9.44. The number of nitrogens with two attached hydrogens (primary N) is 1. The van der Waals surface area contributed by atoms with E-state index in [9.17, 15) is 16.8 Å². The lowest BCUT2D eigenvalue weighted by atomic mass is 10.0. The lowest BCUT2D eigenvalue weighted by molar-refractivity contribution is 0.462. The Hall–Kier alpha value is -0.830. The molecule has 1 fully saturated rings. The molecular weight excluding hydrogens is 336 g/mol. The zero-order valence-electron chi connectivity index (χ0n) is 11.7. The zero-order valence-corrected chi connectivity index (χ0v) is 14.1. The van der Waals surface area contributed by atoms with Crippen LogP contribution in [0.15, 0.2) is 17.0 Å². The fourth-order valence-corrected chi connectivity index (χ4v) is 6.28. The third-order valence-electron chi connectivity index (χ3n) is 3.55. The Morgan fingerprint density at radius 2 is 2.00 bits per heavy atom. The normalized spacial score (nSPS) is 25.1. The molecule has 0 spiro atoms. The first-order valence-electron chi connectivity index (χ1n) is 6.24. The minimum atomic E-state index is -3.89. The van der Waals surface area contributed by atoms with Gasteiger partial charge in [0.15, 0.2) is 9.84 Å². The predicted octanol–water partition coefficient (Wildman–Crippen LogP) is 1.09. The van der Waals surface area contributed by atoms with Gasteiger partial charge in [0.25, 0.3) is 0 Å². The molecule has 3 N–H and O–H groups in total. The molecule has 9 heteroatoms. The summed E-state index contributed by atoms with van der Waals surface area (Å²) in [5.41, 5.74) is 5.59. The summed E-state index contributed by atoms with van der Waals surface area (Å²) < 4.78 is 50.3. The fraction of sp³-hybridized carbons (Fsp3) is 0.500. The number of hydrogen-bond acceptors (Lipinski definition) is 5. The maximum atomic E-state index is 12.4. The Kier molecular flexibility index (Phi) is 4.03. The lowest BCUT2D eigenvalue weighted by Crippen LogP contribution is -2.46. The van der Waals surface area contributed by atoms with E-state index in [0.717, 1.165) is 0 Å². The number of nitrogen functional groups attached to an aromatic ring is 1. The van der Waals surface area contributed by atoms with Crippen LogP contribution in [0.4, 0.5) is 5.69 Å². The number of halogens is 1. The number of hydrogen-bond donors (Lipinski definition) is 2. The molecule has 118 valence electrons. The van der Waals surface area contributed by atoms with E-state index in [0.29, 0.717) is 5.56 Å². The van der Waals surface area contributed by atoms with Gasteiger partial charge in [-0.05, 0) is 38.0 Å². The Bertz CT molecular complexity index is 766. The number of nitrogens with one attached hydrogen (secondary N) is 1. The summed E-state index contributed by atoms with van der Waals surface area (Å²) in [4.78, 5) is -0.0684. The van der Waals surface area contributed by atoms with Gasteiger partial charge in [-0.2, -0.15) is 0 Å². The van der Waals surface area contributed by atoms with Crippen LogP contribution < -0.4 is 10.5 Å². The van der Waals surface area contributed by atoms with Gasteiger partial charge in [-0.25, -0.2) is 21.6 Å². The van der Waals surface area contributed by atoms with Crippen LogP contribution in [0.25, 0.3) is 0 Å². The van der Waals surface area contributed by atoms with Crippen LogP contribution >= 0.6 is 11.6 Å². The molecule has 0 saturated carbocycles. The van der Waals surface area contributed by atoms with E-state index in [4.69, 9.17) is 17.3 Å². The van der Waals surface area contributed by atoms with Crippen LogP contribution in [0.3, 0.4) is 0 Å². The molecule has 1 heterocycles. The van der Waals surface area contributed by atoms with Gasteiger partial charge in [0.1, 0.15) is 0 Å². The summed E-state index contributed by atoms with van der Waals surface area (Å²) >= 11 is 5.95.